The second-order valence-corrected chi connectivity index (χ2v) is 5.37. The van der Waals surface area contributed by atoms with Gasteiger partial charge in [-0.05, 0) is 13.8 Å². The van der Waals surface area contributed by atoms with Crippen LogP contribution in [0.3, 0.4) is 0 Å². The zero-order valence-corrected chi connectivity index (χ0v) is 13.1. The van der Waals surface area contributed by atoms with E-state index in [0.29, 0.717) is 5.82 Å². The Labute approximate surface area is 130 Å². The molecular weight excluding hydrogens is 280 g/mol. The van der Waals surface area contributed by atoms with Gasteiger partial charge >= 0.3 is 0 Å². The molecule has 22 heavy (non-hydrogen) atoms. The number of ether oxygens (including phenoxy) is 1. The zero-order chi connectivity index (χ0) is 16.1. The van der Waals surface area contributed by atoms with Crippen LogP contribution in [0, 0.1) is 0 Å². The van der Waals surface area contributed by atoms with E-state index in [2.05, 4.69) is 10.4 Å². The van der Waals surface area contributed by atoms with E-state index in [1.165, 1.54) is 7.11 Å². The molecule has 0 aliphatic carbocycles. The lowest BCUT2D eigenvalue weighted by atomic mass is 10.1. The molecule has 0 aliphatic rings. The lowest BCUT2D eigenvalue weighted by molar-refractivity contribution is -0.118. The standard InChI is InChI=1S/C16H22N4O2/c1-11(2)20-15(18-16(21)13(17)10-22-3)9-14(19-20)12-7-5-4-6-8-12/h4-9,11,13H,10,17H2,1-3H3,(H,18,21). The van der Waals surface area contributed by atoms with Crippen molar-refractivity contribution in [1.82, 2.24) is 9.78 Å². The van der Waals surface area contributed by atoms with E-state index in [-0.39, 0.29) is 18.6 Å². The van der Waals surface area contributed by atoms with Gasteiger partial charge in [-0.3, -0.25) is 4.79 Å². The van der Waals surface area contributed by atoms with Crippen molar-refractivity contribution >= 4 is 11.7 Å². The van der Waals surface area contributed by atoms with Crippen LogP contribution in [0.25, 0.3) is 11.3 Å². The number of nitrogens with two attached hydrogens (primary N) is 1. The van der Waals surface area contributed by atoms with Crippen LogP contribution in [0.4, 0.5) is 5.82 Å². The Hall–Kier alpha value is -2.18. The summed E-state index contributed by atoms with van der Waals surface area (Å²) in [4.78, 5) is 12.1. The minimum absolute atomic E-state index is 0.117. The van der Waals surface area contributed by atoms with Crippen LogP contribution in [-0.4, -0.2) is 35.4 Å². The lowest BCUT2D eigenvalue weighted by Crippen LogP contribution is -2.39. The van der Waals surface area contributed by atoms with E-state index in [9.17, 15) is 4.79 Å². The molecule has 1 amide bonds. The van der Waals surface area contributed by atoms with Gasteiger partial charge in [-0.25, -0.2) is 4.68 Å². The predicted octanol–water partition coefficient (Wildman–Crippen LogP) is 2.04. The van der Waals surface area contributed by atoms with E-state index >= 15 is 0 Å². The first-order valence-electron chi connectivity index (χ1n) is 7.23. The van der Waals surface area contributed by atoms with Crippen molar-refractivity contribution in [1.29, 1.82) is 0 Å². The Balaban J connectivity index is 2.27. The average Bonchev–Trinajstić information content (AvgIpc) is 2.92. The SMILES string of the molecule is COCC(N)C(=O)Nc1cc(-c2ccccc2)nn1C(C)C. The molecule has 1 aromatic carbocycles. The molecule has 0 saturated heterocycles. The minimum atomic E-state index is -0.708. The molecule has 0 radical (unpaired) electrons. The van der Waals surface area contributed by atoms with Crippen LogP contribution in [0.2, 0.25) is 0 Å². The summed E-state index contributed by atoms with van der Waals surface area (Å²) in [6, 6.07) is 11.1. The molecular formula is C16H22N4O2. The number of amides is 1. The molecule has 1 unspecified atom stereocenters. The van der Waals surface area contributed by atoms with Crippen LogP contribution in [0.1, 0.15) is 19.9 Å². The van der Waals surface area contributed by atoms with Crippen molar-refractivity contribution in [3.8, 4) is 11.3 Å². The quantitative estimate of drug-likeness (QED) is 0.855. The first kappa shape index (κ1) is 16.2. The van der Waals surface area contributed by atoms with Crippen molar-refractivity contribution in [3.05, 3.63) is 36.4 Å². The number of hydrogen-bond acceptors (Lipinski definition) is 4. The number of methoxy groups -OCH3 is 1. The van der Waals surface area contributed by atoms with E-state index in [4.69, 9.17) is 10.5 Å². The molecule has 1 aromatic heterocycles. The van der Waals surface area contributed by atoms with Gasteiger partial charge in [0.1, 0.15) is 11.9 Å². The van der Waals surface area contributed by atoms with Gasteiger partial charge in [0.25, 0.3) is 0 Å². The van der Waals surface area contributed by atoms with E-state index < -0.39 is 6.04 Å². The van der Waals surface area contributed by atoms with E-state index in [0.717, 1.165) is 11.3 Å². The molecule has 1 atom stereocenters. The summed E-state index contributed by atoms with van der Waals surface area (Å²) in [7, 11) is 1.51. The van der Waals surface area contributed by atoms with Gasteiger partial charge < -0.3 is 15.8 Å². The molecule has 0 bridgehead atoms. The Bertz CT molecular complexity index is 622. The van der Waals surface area contributed by atoms with Crippen molar-refractivity contribution in [3.63, 3.8) is 0 Å². The summed E-state index contributed by atoms with van der Waals surface area (Å²) in [5.41, 5.74) is 7.56. The van der Waals surface area contributed by atoms with E-state index in [1.807, 2.05) is 50.2 Å². The highest BCUT2D eigenvalue weighted by Crippen LogP contribution is 2.24. The summed E-state index contributed by atoms with van der Waals surface area (Å²) in [5, 5.41) is 7.39. The molecule has 6 nitrogen and oxygen atoms in total. The maximum absolute atomic E-state index is 12.1. The Morgan fingerprint density at radius 2 is 2.05 bits per heavy atom. The number of hydrogen-bond donors (Lipinski definition) is 2. The highest BCUT2D eigenvalue weighted by molar-refractivity contribution is 5.94. The fraction of sp³-hybridized carbons (Fsp3) is 0.375. The third kappa shape index (κ3) is 3.72. The first-order chi connectivity index (χ1) is 10.5. The highest BCUT2D eigenvalue weighted by Gasteiger charge is 2.18. The van der Waals surface area contributed by atoms with Gasteiger partial charge in [0.15, 0.2) is 0 Å². The number of rotatable bonds is 6. The number of anilines is 1. The monoisotopic (exact) mass is 302 g/mol. The number of carbonyl (C=O) groups excluding carboxylic acids is 1. The maximum atomic E-state index is 12.1. The maximum Gasteiger partial charge on any atom is 0.244 e. The third-order valence-corrected chi connectivity index (χ3v) is 3.23. The average molecular weight is 302 g/mol. The molecule has 0 spiro atoms. The summed E-state index contributed by atoms with van der Waals surface area (Å²) >= 11 is 0. The zero-order valence-electron chi connectivity index (χ0n) is 13.1. The fourth-order valence-corrected chi connectivity index (χ4v) is 2.11. The molecule has 0 aliphatic heterocycles. The predicted molar refractivity (Wildman–Crippen MR) is 86.5 cm³/mol. The highest BCUT2D eigenvalue weighted by atomic mass is 16.5. The molecule has 3 N–H and O–H groups in total. The van der Waals surface area contributed by atoms with E-state index in [1.54, 1.807) is 4.68 Å². The van der Waals surface area contributed by atoms with Crippen LogP contribution >= 0.6 is 0 Å². The first-order valence-corrected chi connectivity index (χ1v) is 7.23. The number of nitrogens with one attached hydrogen (secondary N) is 1. The largest absolute Gasteiger partial charge is 0.383 e. The topological polar surface area (TPSA) is 82.2 Å². The Kier molecular flexibility index (Phi) is 5.30. The van der Waals surface area contributed by atoms with Gasteiger partial charge in [-0.15, -0.1) is 0 Å². The summed E-state index contributed by atoms with van der Waals surface area (Å²) in [6.45, 7) is 4.19. The second-order valence-electron chi connectivity index (χ2n) is 5.37. The third-order valence-electron chi connectivity index (χ3n) is 3.23. The van der Waals surface area contributed by atoms with Gasteiger partial charge in [-0.1, -0.05) is 30.3 Å². The molecule has 0 saturated carbocycles. The number of aromatic nitrogens is 2. The van der Waals surface area contributed by atoms with Crippen molar-refractivity contribution in [2.45, 2.75) is 25.9 Å². The summed E-state index contributed by atoms with van der Waals surface area (Å²) in [5.74, 6) is 0.341. The van der Waals surface area contributed by atoms with Crippen molar-refractivity contribution in [2.24, 2.45) is 5.73 Å². The van der Waals surface area contributed by atoms with Gasteiger partial charge in [-0.2, -0.15) is 5.10 Å². The number of carbonyl (C=O) groups is 1. The second kappa shape index (κ2) is 7.20. The fourth-order valence-electron chi connectivity index (χ4n) is 2.11. The smallest absolute Gasteiger partial charge is 0.244 e. The Morgan fingerprint density at radius 1 is 1.36 bits per heavy atom. The molecule has 118 valence electrons. The molecule has 2 rings (SSSR count). The van der Waals surface area contributed by atoms with Gasteiger partial charge in [0.05, 0.1) is 12.3 Å². The molecule has 1 heterocycles. The summed E-state index contributed by atoms with van der Waals surface area (Å²) < 4.78 is 6.68. The Morgan fingerprint density at radius 3 is 2.64 bits per heavy atom. The minimum Gasteiger partial charge on any atom is -0.383 e. The van der Waals surface area contributed by atoms with Gasteiger partial charge in [0.2, 0.25) is 5.91 Å². The number of nitrogens with zero attached hydrogens (tertiary/aromatic N) is 2. The molecule has 0 fully saturated rings. The van der Waals surface area contributed by atoms with Crippen molar-refractivity contribution < 1.29 is 9.53 Å². The summed E-state index contributed by atoms with van der Waals surface area (Å²) in [6.07, 6.45) is 0. The van der Waals surface area contributed by atoms with Crippen LogP contribution in [-0.2, 0) is 9.53 Å². The molecule has 2 aromatic rings. The van der Waals surface area contributed by atoms with Crippen LogP contribution < -0.4 is 11.1 Å². The van der Waals surface area contributed by atoms with Crippen LogP contribution in [0.5, 0.6) is 0 Å². The number of benzene rings is 1. The normalized spacial score (nSPS) is 12.4. The van der Waals surface area contributed by atoms with Crippen molar-refractivity contribution in [2.75, 3.05) is 19.0 Å². The van der Waals surface area contributed by atoms with Gasteiger partial charge in [0, 0.05) is 24.8 Å². The lowest BCUT2D eigenvalue weighted by Gasteiger charge is -2.14. The van der Waals surface area contributed by atoms with Crippen LogP contribution in [0.15, 0.2) is 36.4 Å². The molecule has 6 heteroatoms.